The quantitative estimate of drug-likeness (QED) is 0.531. The molecule has 0 aromatic heterocycles. The zero-order chi connectivity index (χ0) is 25.8. The van der Waals surface area contributed by atoms with E-state index in [9.17, 15) is 14.4 Å². The van der Waals surface area contributed by atoms with Crippen molar-refractivity contribution in [1.82, 2.24) is 14.7 Å². The van der Waals surface area contributed by atoms with Crippen molar-refractivity contribution in [2.75, 3.05) is 32.7 Å². The van der Waals surface area contributed by atoms with E-state index in [1.807, 2.05) is 17.0 Å². The molecule has 36 heavy (non-hydrogen) atoms. The van der Waals surface area contributed by atoms with Crippen LogP contribution in [0.3, 0.4) is 0 Å². The minimum absolute atomic E-state index is 0.0977. The highest BCUT2D eigenvalue weighted by molar-refractivity contribution is 6.30. The van der Waals surface area contributed by atoms with Crippen LogP contribution in [0.1, 0.15) is 75.5 Å². The summed E-state index contributed by atoms with van der Waals surface area (Å²) >= 11 is 6.51. The smallest absolute Gasteiger partial charge is 0.226 e. The van der Waals surface area contributed by atoms with Crippen molar-refractivity contribution in [1.29, 1.82) is 0 Å². The predicted molar refractivity (Wildman–Crippen MR) is 143 cm³/mol. The van der Waals surface area contributed by atoms with E-state index in [4.69, 9.17) is 11.6 Å². The van der Waals surface area contributed by atoms with Gasteiger partial charge in [-0.15, -0.1) is 0 Å². The monoisotopic (exact) mass is 515 g/mol. The number of hydrogen-bond donors (Lipinski definition) is 0. The zero-order valence-electron chi connectivity index (χ0n) is 22.2. The van der Waals surface area contributed by atoms with E-state index in [1.54, 1.807) is 6.92 Å². The molecule has 2 aliphatic heterocycles. The molecule has 0 radical (unpaired) electrons. The largest absolute Gasteiger partial charge is 0.343 e. The third kappa shape index (κ3) is 6.69. The maximum absolute atomic E-state index is 13.0. The van der Waals surface area contributed by atoms with Crippen molar-refractivity contribution < 1.29 is 14.4 Å². The third-order valence-electron chi connectivity index (χ3n) is 8.55. The molecule has 7 heteroatoms. The summed E-state index contributed by atoms with van der Waals surface area (Å²) < 4.78 is 0. The van der Waals surface area contributed by atoms with Crippen LogP contribution in [0, 0.1) is 18.8 Å². The van der Waals surface area contributed by atoms with Gasteiger partial charge in [-0.05, 0) is 74.3 Å². The second kappa shape index (κ2) is 12.1. The Morgan fingerprint density at radius 3 is 2.39 bits per heavy atom. The number of likely N-dealkylation sites (tertiary alicyclic amines) is 1. The predicted octanol–water partition coefficient (Wildman–Crippen LogP) is 4.63. The second-order valence-electron chi connectivity index (χ2n) is 11.3. The van der Waals surface area contributed by atoms with Gasteiger partial charge >= 0.3 is 0 Å². The van der Waals surface area contributed by atoms with Crippen LogP contribution in [0.4, 0.5) is 0 Å². The van der Waals surface area contributed by atoms with Gasteiger partial charge in [-0.1, -0.05) is 24.4 Å². The number of ketones is 1. The van der Waals surface area contributed by atoms with Crippen LogP contribution in [0.5, 0.6) is 0 Å². The van der Waals surface area contributed by atoms with Crippen LogP contribution in [0.2, 0.25) is 5.02 Å². The molecule has 2 heterocycles. The molecule has 4 rings (SSSR count). The van der Waals surface area contributed by atoms with Crippen LogP contribution in [0.15, 0.2) is 12.1 Å². The molecule has 1 aliphatic carbocycles. The number of hydrogen-bond acceptors (Lipinski definition) is 4. The lowest BCUT2D eigenvalue weighted by molar-refractivity contribution is -0.140. The average molecular weight is 516 g/mol. The molecule has 0 unspecified atom stereocenters. The van der Waals surface area contributed by atoms with Gasteiger partial charge in [-0.2, -0.15) is 0 Å². The summed E-state index contributed by atoms with van der Waals surface area (Å²) in [5, 5.41) is 0.668. The van der Waals surface area contributed by atoms with E-state index in [1.165, 1.54) is 12.8 Å². The first kappa shape index (κ1) is 27.1. The molecule has 1 aromatic carbocycles. The molecular formula is C29H42ClN3O3. The third-order valence-corrected chi connectivity index (χ3v) is 8.77. The average Bonchev–Trinajstić information content (AvgIpc) is 3.37. The Labute approximate surface area is 221 Å². The van der Waals surface area contributed by atoms with Crippen molar-refractivity contribution in [3.63, 3.8) is 0 Å². The Hall–Kier alpha value is -1.92. The Bertz CT molecular complexity index is 975. The first-order valence-electron chi connectivity index (χ1n) is 13.8. The highest BCUT2D eigenvalue weighted by Crippen LogP contribution is 2.29. The zero-order valence-corrected chi connectivity index (χ0v) is 23.0. The number of rotatable bonds is 7. The van der Waals surface area contributed by atoms with Gasteiger partial charge in [0.15, 0.2) is 0 Å². The summed E-state index contributed by atoms with van der Waals surface area (Å²) in [4.78, 5) is 44.0. The van der Waals surface area contributed by atoms with E-state index < -0.39 is 0 Å². The SMILES string of the molecule is CC(=O)N1CCC[C@H](CC(=O)Cc2cc(Cl)cc(CN3CCN(C(=O)C4CCCC4)[C@@H](C)C3)c2C)C1. The number of halogens is 1. The fourth-order valence-electron chi connectivity index (χ4n) is 6.42. The molecule has 198 valence electrons. The fraction of sp³-hybridized carbons (Fsp3) is 0.690. The lowest BCUT2D eigenvalue weighted by Gasteiger charge is -2.41. The van der Waals surface area contributed by atoms with Crippen LogP contribution in [-0.4, -0.2) is 71.1 Å². The van der Waals surface area contributed by atoms with Crippen LogP contribution in [-0.2, 0) is 27.3 Å². The normalized spacial score (nSPS) is 23.8. The minimum Gasteiger partial charge on any atom is -0.343 e. The van der Waals surface area contributed by atoms with Crippen molar-refractivity contribution in [3.05, 3.63) is 33.8 Å². The number of amides is 2. The second-order valence-corrected chi connectivity index (χ2v) is 11.8. The molecule has 1 aromatic rings. The lowest BCUT2D eigenvalue weighted by Crippen LogP contribution is -2.54. The van der Waals surface area contributed by atoms with Gasteiger partial charge in [0.1, 0.15) is 5.78 Å². The molecule has 6 nitrogen and oxygen atoms in total. The van der Waals surface area contributed by atoms with E-state index in [0.717, 1.165) is 75.1 Å². The molecule has 0 bridgehead atoms. The summed E-state index contributed by atoms with van der Waals surface area (Å²) in [5.74, 6) is 1.14. The molecule has 2 saturated heterocycles. The highest BCUT2D eigenvalue weighted by Gasteiger charge is 2.33. The molecular weight excluding hydrogens is 474 g/mol. The Kier molecular flexibility index (Phi) is 9.10. The first-order chi connectivity index (χ1) is 17.2. The molecule has 3 aliphatic rings. The molecule has 3 fully saturated rings. The van der Waals surface area contributed by atoms with Gasteiger partial charge in [-0.25, -0.2) is 0 Å². The summed E-state index contributed by atoms with van der Waals surface area (Å²) in [7, 11) is 0. The van der Waals surface area contributed by atoms with Gasteiger partial charge in [-0.3, -0.25) is 19.3 Å². The summed E-state index contributed by atoms with van der Waals surface area (Å²) in [6.45, 7) is 10.6. The minimum atomic E-state index is 0.0977. The number of carbonyl (C=O) groups excluding carboxylic acids is 3. The van der Waals surface area contributed by atoms with Crippen molar-refractivity contribution in [2.45, 2.75) is 84.7 Å². The van der Waals surface area contributed by atoms with Gasteiger partial charge in [0.25, 0.3) is 0 Å². The number of piperidine rings is 1. The maximum Gasteiger partial charge on any atom is 0.226 e. The van der Waals surface area contributed by atoms with E-state index in [0.29, 0.717) is 30.3 Å². The van der Waals surface area contributed by atoms with Crippen LogP contribution >= 0.6 is 11.6 Å². The number of carbonyl (C=O) groups is 3. The van der Waals surface area contributed by atoms with Gasteiger partial charge in [0.2, 0.25) is 11.8 Å². The maximum atomic E-state index is 13.0. The van der Waals surface area contributed by atoms with E-state index in [2.05, 4.69) is 23.6 Å². The molecule has 0 spiro atoms. The van der Waals surface area contributed by atoms with E-state index in [-0.39, 0.29) is 29.6 Å². The number of Topliss-reactive ketones (excluding diaryl/α,β-unsaturated/α-hetero) is 1. The highest BCUT2D eigenvalue weighted by atomic mass is 35.5. The lowest BCUT2D eigenvalue weighted by atomic mass is 9.89. The summed E-state index contributed by atoms with van der Waals surface area (Å²) in [6.07, 6.45) is 7.33. The van der Waals surface area contributed by atoms with Crippen molar-refractivity contribution in [3.8, 4) is 0 Å². The fourth-order valence-corrected chi connectivity index (χ4v) is 6.69. The van der Waals surface area contributed by atoms with Crippen molar-refractivity contribution >= 4 is 29.2 Å². The molecule has 1 saturated carbocycles. The number of piperazine rings is 1. The molecule has 0 N–H and O–H groups in total. The molecule has 2 amide bonds. The molecule has 2 atom stereocenters. The standard InChI is InChI=1S/C29H42ClN3O3/c1-20-17-31(11-12-33(20)29(36)24-8-4-5-9-24)19-26-15-27(30)14-25(21(26)2)16-28(35)13-23-7-6-10-32(18-23)22(3)34/h14-15,20,23-24H,4-13,16-19H2,1-3H3/t20-,23+/m0/s1. The van der Waals surface area contributed by atoms with Gasteiger partial charge in [0.05, 0.1) is 0 Å². The van der Waals surface area contributed by atoms with E-state index >= 15 is 0 Å². The summed E-state index contributed by atoms with van der Waals surface area (Å²) in [5.41, 5.74) is 3.30. The number of nitrogens with zero attached hydrogens (tertiary/aromatic N) is 3. The Balaban J connectivity index is 1.35. The van der Waals surface area contributed by atoms with Gasteiger partial charge < -0.3 is 9.80 Å². The van der Waals surface area contributed by atoms with Crippen LogP contribution < -0.4 is 0 Å². The van der Waals surface area contributed by atoms with Gasteiger partial charge in [0, 0.05) is 76.0 Å². The Morgan fingerprint density at radius 2 is 1.69 bits per heavy atom. The van der Waals surface area contributed by atoms with Crippen molar-refractivity contribution in [2.24, 2.45) is 11.8 Å². The first-order valence-corrected chi connectivity index (χ1v) is 14.2. The summed E-state index contributed by atoms with van der Waals surface area (Å²) in [6, 6.07) is 4.16. The van der Waals surface area contributed by atoms with Crippen LogP contribution in [0.25, 0.3) is 0 Å². The Morgan fingerprint density at radius 1 is 0.972 bits per heavy atom. The topological polar surface area (TPSA) is 60.9 Å². The number of benzene rings is 1.